The Hall–Kier alpha value is -2.18. The van der Waals surface area contributed by atoms with Gasteiger partial charge in [-0.05, 0) is 18.2 Å². The number of hydrogen-bond acceptors (Lipinski definition) is 2. The smallest absolute Gasteiger partial charge is 0.477 e. The molecule has 18 heavy (non-hydrogen) atoms. The summed E-state index contributed by atoms with van der Waals surface area (Å²) in [5.74, 6) is -1.53. The van der Waals surface area contributed by atoms with Crippen molar-refractivity contribution < 1.29 is 27.8 Å². The van der Waals surface area contributed by atoms with Crippen molar-refractivity contribution in [3.05, 3.63) is 30.0 Å². The van der Waals surface area contributed by atoms with E-state index in [1.165, 1.54) is 23.7 Å². The van der Waals surface area contributed by atoms with Crippen LogP contribution in [0.4, 0.5) is 13.2 Å². The number of ether oxygens (including phenoxy) is 1. The van der Waals surface area contributed by atoms with E-state index in [2.05, 4.69) is 4.74 Å². The van der Waals surface area contributed by atoms with Gasteiger partial charge in [-0.15, -0.1) is 13.2 Å². The number of alkyl halides is 3. The van der Waals surface area contributed by atoms with Crippen LogP contribution in [0.15, 0.2) is 24.3 Å². The summed E-state index contributed by atoms with van der Waals surface area (Å²) in [4.78, 5) is 10.9. The standard InChI is InChI=1S/C11H8F3NO3/c1-15-8-5-7(18-11(12,13)14)3-2-6(8)4-9(15)10(16)17/h2-5H,1H3,(H,16,17). The molecule has 0 aliphatic carbocycles. The Morgan fingerprint density at radius 1 is 1.33 bits per heavy atom. The molecular formula is C11H8F3NO3. The zero-order valence-corrected chi connectivity index (χ0v) is 9.15. The van der Waals surface area contributed by atoms with E-state index in [1.54, 1.807) is 0 Å². The lowest BCUT2D eigenvalue weighted by Crippen LogP contribution is -2.17. The summed E-state index contributed by atoms with van der Waals surface area (Å²) in [5, 5.41) is 9.42. The Kier molecular flexibility index (Phi) is 2.68. The second-order valence-corrected chi connectivity index (χ2v) is 3.66. The van der Waals surface area contributed by atoms with Crippen molar-refractivity contribution in [2.75, 3.05) is 0 Å². The lowest BCUT2D eigenvalue weighted by molar-refractivity contribution is -0.274. The number of benzene rings is 1. The Morgan fingerprint density at radius 3 is 2.56 bits per heavy atom. The van der Waals surface area contributed by atoms with Gasteiger partial charge in [-0.1, -0.05) is 0 Å². The first-order valence-corrected chi connectivity index (χ1v) is 4.86. The quantitative estimate of drug-likeness (QED) is 0.902. The third-order valence-electron chi connectivity index (χ3n) is 2.47. The molecular weight excluding hydrogens is 251 g/mol. The number of carboxylic acids is 1. The fraction of sp³-hybridized carbons (Fsp3) is 0.182. The first-order valence-electron chi connectivity index (χ1n) is 4.86. The maximum atomic E-state index is 12.1. The summed E-state index contributed by atoms with van der Waals surface area (Å²) < 4.78 is 41.2. The first-order chi connectivity index (χ1) is 8.28. The minimum absolute atomic E-state index is 0.00541. The van der Waals surface area contributed by atoms with Gasteiger partial charge in [0.15, 0.2) is 0 Å². The predicted octanol–water partition coefficient (Wildman–Crippen LogP) is 2.78. The normalized spacial score (nSPS) is 11.8. The highest BCUT2D eigenvalue weighted by molar-refractivity contribution is 5.94. The Balaban J connectivity index is 2.51. The first kappa shape index (κ1) is 12.3. The van der Waals surface area contributed by atoms with Crippen molar-refractivity contribution in [2.24, 2.45) is 7.05 Å². The van der Waals surface area contributed by atoms with E-state index >= 15 is 0 Å². The zero-order chi connectivity index (χ0) is 13.5. The van der Waals surface area contributed by atoms with Gasteiger partial charge in [-0.2, -0.15) is 0 Å². The van der Waals surface area contributed by atoms with Crippen LogP contribution in [0.25, 0.3) is 10.9 Å². The number of fused-ring (bicyclic) bond motifs is 1. The molecule has 0 spiro atoms. The fourth-order valence-electron chi connectivity index (χ4n) is 1.71. The SMILES string of the molecule is Cn1c(C(=O)O)cc2ccc(OC(F)(F)F)cc21. The van der Waals surface area contributed by atoms with Crippen molar-refractivity contribution in [1.82, 2.24) is 4.57 Å². The molecule has 0 atom stereocenters. The molecule has 0 saturated heterocycles. The summed E-state index contributed by atoms with van der Waals surface area (Å²) in [5.41, 5.74) is 0.350. The highest BCUT2D eigenvalue weighted by Crippen LogP contribution is 2.27. The largest absolute Gasteiger partial charge is 0.573 e. The molecule has 1 aromatic carbocycles. The molecule has 2 rings (SSSR count). The number of carboxylic acid groups (broad SMARTS) is 1. The van der Waals surface area contributed by atoms with E-state index in [4.69, 9.17) is 5.11 Å². The number of carbonyl (C=O) groups is 1. The summed E-state index contributed by atoms with van der Waals surface area (Å²) in [6.45, 7) is 0. The van der Waals surface area contributed by atoms with Crippen LogP contribution in [0.5, 0.6) is 5.75 Å². The van der Waals surface area contributed by atoms with Crippen molar-refractivity contribution in [2.45, 2.75) is 6.36 Å². The van der Waals surface area contributed by atoms with Crippen LogP contribution in [0.2, 0.25) is 0 Å². The van der Waals surface area contributed by atoms with Crippen LogP contribution in [-0.4, -0.2) is 22.0 Å². The van der Waals surface area contributed by atoms with Gasteiger partial charge in [0.2, 0.25) is 0 Å². The van der Waals surface area contributed by atoms with Crippen LogP contribution < -0.4 is 4.74 Å². The van der Waals surface area contributed by atoms with Crippen molar-refractivity contribution in [3.63, 3.8) is 0 Å². The fourth-order valence-corrected chi connectivity index (χ4v) is 1.71. The molecule has 1 heterocycles. The number of hydrogen-bond donors (Lipinski definition) is 1. The van der Waals surface area contributed by atoms with E-state index in [-0.39, 0.29) is 11.4 Å². The molecule has 0 radical (unpaired) electrons. The molecule has 2 aromatic rings. The summed E-state index contributed by atoms with van der Waals surface area (Å²) in [6.07, 6.45) is -4.77. The van der Waals surface area contributed by atoms with Gasteiger partial charge in [0, 0.05) is 18.5 Å². The van der Waals surface area contributed by atoms with E-state index in [0.29, 0.717) is 10.9 Å². The highest BCUT2D eigenvalue weighted by Gasteiger charge is 2.31. The van der Waals surface area contributed by atoms with Gasteiger partial charge in [0.05, 0.1) is 5.52 Å². The van der Waals surface area contributed by atoms with Gasteiger partial charge in [-0.25, -0.2) is 4.79 Å². The monoisotopic (exact) mass is 259 g/mol. The average Bonchev–Trinajstić information content (AvgIpc) is 2.54. The Bertz CT molecular complexity index is 616. The van der Waals surface area contributed by atoms with Crippen molar-refractivity contribution in [1.29, 1.82) is 0 Å². The summed E-state index contributed by atoms with van der Waals surface area (Å²) in [6, 6.07) is 5.05. The molecule has 1 N–H and O–H groups in total. The molecule has 1 aromatic heterocycles. The lowest BCUT2D eigenvalue weighted by atomic mass is 10.2. The number of nitrogens with zero attached hydrogens (tertiary/aromatic N) is 1. The summed E-state index contributed by atoms with van der Waals surface area (Å²) in [7, 11) is 1.46. The second kappa shape index (κ2) is 3.94. The average molecular weight is 259 g/mol. The molecule has 0 fully saturated rings. The molecule has 0 amide bonds. The third kappa shape index (κ3) is 2.24. The van der Waals surface area contributed by atoms with Crippen LogP contribution in [0, 0.1) is 0 Å². The van der Waals surface area contributed by atoms with Gasteiger partial charge in [0.1, 0.15) is 11.4 Å². The molecule has 0 unspecified atom stereocenters. The number of aromatic carboxylic acids is 1. The second-order valence-electron chi connectivity index (χ2n) is 3.66. The minimum Gasteiger partial charge on any atom is -0.477 e. The summed E-state index contributed by atoms with van der Waals surface area (Å²) >= 11 is 0. The van der Waals surface area contributed by atoms with Gasteiger partial charge in [-0.3, -0.25) is 0 Å². The topological polar surface area (TPSA) is 51.5 Å². The highest BCUT2D eigenvalue weighted by atomic mass is 19.4. The molecule has 0 aliphatic rings. The van der Waals surface area contributed by atoms with Gasteiger partial charge >= 0.3 is 12.3 Å². The van der Waals surface area contributed by atoms with Crippen molar-refractivity contribution >= 4 is 16.9 Å². The minimum atomic E-state index is -4.77. The number of aryl methyl sites for hydroxylation is 1. The number of halogens is 3. The van der Waals surface area contributed by atoms with Crippen LogP contribution in [0.3, 0.4) is 0 Å². The van der Waals surface area contributed by atoms with Crippen LogP contribution in [-0.2, 0) is 7.05 Å². The molecule has 4 nitrogen and oxygen atoms in total. The Morgan fingerprint density at radius 2 is 2.00 bits per heavy atom. The number of rotatable bonds is 2. The van der Waals surface area contributed by atoms with E-state index in [1.807, 2.05) is 0 Å². The third-order valence-corrected chi connectivity index (χ3v) is 2.47. The molecule has 0 saturated carbocycles. The predicted molar refractivity (Wildman–Crippen MR) is 56.6 cm³/mol. The maximum absolute atomic E-state index is 12.1. The maximum Gasteiger partial charge on any atom is 0.573 e. The Labute approximate surface area is 99.2 Å². The van der Waals surface area contributed by atoms with Crippen molar-refractivity contribution in [3.8, 4) is 5.75 Å². The van der Waals surface area contributed by atoms with Crippen LogP contribution >= 0.6 is 0 Å². The van der Waals surface area contributed by atoms with E-state index in [0.717, 1.165) is 12.1 Å². The van der Waals surface area contributed by atoms with E-state index < -0.39 is 12.3 Å². The molecule has 7 heteroatoms. The lowest BCUT2D eigenvalue weighted by Gasteiger charge is -2.09. The van der Waals surface area contributed by atoms with Crippen LogP contribution in [0.1, 0.15) is 10.5 Å². The van der Waals surface area contributed by atoms with Gasteiger partial charge < -0.3 is 14.4 Å². The molecule has 0 bridgehead atoms. The molecule has 0 aliphatic heterocycles. The van der Waals surface area contributed by atoms with E-state index in [9.17, 15) is 18.0 Å². The molecule has 96 valence electrons. The number of aromatic nitrogens is 1. The van der Waals surface area contributed by atoms with Gasteiger partial charge in [0.25, 0.3) is 0 Å². The zero-order valence-electron chi connectivity index (χ0n) is 9.15.